The molecule has 0 aliphatic rings. The molecule has 1 aromatic carbocycles. The zero-order chi connectivity index (χ0) is 14.5. The lowest BCUT2D eigenvalue weighted by Gasteiger charge is -2.15. The molecular formula is C16H20N2O2. The van der Waals surface area contributed by atoms with E-state index in [1.54, 1.807) is 7.11 Å². The number of hydrogen-bond donors (Lipinski definition) is 1. The highest BCUT2D eigenvalue weighted by molar-refractivity contribution is 5.42. The van der Waals surface area contributed by atoms with Crippen LogP contribution in [0.2, 0.25) is 0 Å². The molecule has 0 saturated carbocycles. The van der Waals surface area contributed by atoms with Gasteiger partial charge in [0.25, 0.3) is 0 Å². The Labute approximate surface area is 119 Å². The van der Waals surface area contributed by atoms with Gasteiger partial charge in [0.1, 0.15) is 18.1 Å². The van der Waals surface area contributed by atoms with Gasteiger partial charge in [-0.2, -0.15) is 0 Å². The summed E-state index contributed by atoms with van der Waals surface area (Å²) in [5, 5.41) is 0. The average Bonchev–Trinajstić information content (AvgIpc) is 2.44. The molecule has 2 rings (SSSR count). The Morgan fingerprint density at radius 3 is 2.70 bits per heavy atom. The maximum atomic E-state index is 5.96. The van der Waals surface area contributed by atoms with Crippen LogP contribution in [0, 0.1) is 6.92 Å². The van der Waals surface area contributed by atoms with Crippen molar-refractivity contribution in [1.82, 2.24) is 4.98 Å². The molecule has 1 heterocycles. The first-order chi connectivity index (χ1) is 9.60. The second kappa shape index (κ2) is 6.39. The van der Waals surface area contributed by atoms with Gasteiger partial charge in [-0.25, -0.2) is 0 Å². The van der Waals surface area contributed by atoms with Gasteiger partial charge in [-0.15, -0.1) is 0 Å². The molecule has 1 aromatic heterocycles. The van der Waals surface area contributed by atoms with E-state index in [0.29, 0.717) is 6.61 Å². The van der Waals surface area contributed by atoms with Crippen LogP contribution < -0.4 is 15.2 Å². The van der Waals surface area contributed by atoms with Gasteiger partial charge in [-0.3, -0.25) is 4.98 Å². The minimum Gasteiger partial charge on any atom is -0.497 e. The van der Waals surface area contributed by atoms with E-state index in [4.69, 9.17) is 15.2 Å². The number of aryl methyl sites for hydroxylation is 1. The maximum Gasteiger partial charge on any atom is 0.130 e. The molecule has 0 fully saturated rings. The van der Waals surface area contributed by atoms with E-state index in [-0.39, 0.29) is 6.04 Å². The Bertz CT molecular complexity index is 582. The van der Waals surface area contributed by atoms with E-state index in [1.165, 1.54) is 0 Å². The Hall–Kier alpha value is -2.07. The molecule has 4 heteroatoms. The topological polar surface area (TPSA) is 57.4 Å². The third-order valence-electron chi connectivity index (χ3n) is 3.03. The molecule has 0 saturated heterocycles. The number of rotatable bonds is 5. The second-order valence-electron chi connectivity index (χ2n) is 4.75. The molecule has 0 unspecified atom stereocenters. The highest BCUT2D eigenvalue weighted by Gasteiger charge is 2.10. The maximum absolute atomic E-state index is 5.96. The van der Waals surface area contributed by atoms with Crippen molar-refractivity contribution < 1.29 is 9.47 Å². The molecule has 106 valence electrons. The lowest BCUT2D eigenvalue weighted by atomic mass is 10.1. The fraction of sp³-hybridized carbons (Fsp3) is 0.312. The van der Waals surface area contributed by atoms with E-state index in [1.807, 2.05) is 50.2 Å². The molecule has 1 atom stereocenters. The molecule has 4 nitrogen and oxygen atoms in total. The average molecular weight is 272 g/mol. The first-order valence-corrected chi connectivity index (χ1v) is 6.59. The van der Waals surface area contributed by atoms with Crippen LogP contribution in [0.5, 0.6) is 11.5 Å². The van der Waals surface area contributed by atoms with Crippen LogP contribution in [-0.2, 0) is 6.61 Å². The number of nitrogens with zero attached hydrogens (tertiary/aromatic N) is 1. The number of methoxy groups -OCH3 is 1. The van der Waals surface area contributed by atoms with Gasteiger partial charge >= 0.3 is 0 Å². The molecule has 2 N–H and O–H groups in total. The Balaban J connectivity index is 2.19. The molecule has 0 bridgehead atoms. The second-order valence-corrected chi connectivity index (χ2v) is 4.75. The SMILES string of the molecule is COc1ccc([C@@H](C)N)c(OCc2cccc(C)n2)c1. The zero-order valence-corrected chi connectivity index (χ0v) is 12.1. The summed E-state index contributed by atoms with van der Waals surface area (Å²) in [4.78, 5) is 4.42. The summed E-state index contributed by atoms with van der Waals surface area (Å²) < 4.78 is 11.1. The molecule has 0 aliphatic carbocycles. The summed E-state index contributed by atoms with van der Waals surface area (Å²) in [6.07, 6.45) is 0. The minimum absolute atomic E-state index is 0.0959. The largest absolute Gasteiger partial charge is 0.497 e. The fourth-order valence-electron chi connectivity index (χ4n) is 1.97. The van der Waals surface area contributed by atoms with Crippen LogP contribution in [0.1, 0.15) is 29.9 Å². The van der Waals surface area contributed by atoms with Crippen molar-refractivity contribution in [1.29, 1.82) is 0 Å². The number of ether oxygens (including phenoxy) is 2. The predicted molar refractivity (Wildman–Crippen MR) is 78.9 cm³/mol. The summed E-state index contributed by atoms with van der Waals surface area (Å²) >= 11 is 0. The van der Waals surface area contributed by atoms with Crippen LogP contribution in [-0.4, -0.2) is 12.1 Å². The molecule has 0 spiro atoms. The summed E-state index contributed by atoms with van der Waals surface area (Å²) in [6.45, 7) is 4.30. The van der Waals surface area contributed by atoms with Gasteiger partial charge in [-0.05, 0) is 32.0 Å². The lowest BCUT2D eigenvalue weighted by Crippen LogP contribution is -2.08. The Kier molecular flexibility index (Phi) is 4.58. The number of aromatic nitrogens is 1. The molecule has 2 aromatic rings. The van der Waals surface area contributed by atoms with Crippen LogP contribution in [0.15, 0.2) is 36.4 Å². The minimum atomic E-state index is -0.0959. The standard InChI is InChI=1S/C16H20N2O2/c1-11-5-4-6-13(18-11)10-20-16-9-14(19-3)7-8-15(16)12(2)17/h4-9,12H,10,17H2,1-3H3/t12-/m1/s1. The van der Waals surface area contributed by atoms with Gasteiger partial charge in [0.15, 0.2) is 0 Å². The van der Waals surface area contributed by atoms with Gasteiger partial charge in [0.2, 0.25) is 0 Å². The van der Waals surface area contributed by atoms with Crippen LogP contribution in [0.4, 0.5) is 0 Å². The lowest BCUT2D eigenvalue weighted by molar-refractivity contribution is 0.294. The number of nitrogens with two attached hydrogens (primary N) is 1. The van der Waals surface area contributed by atoms with Crippen molar-refractivity contribution >= 4 is 0 Å². The van der Waals surface area contributed by atoms with Crippen molar-refractivity contribution in [3.05, 3.63) is 53.3 Å². The third kappa shape index (κ3) is 3.48. The molecule has 20 heavy (non-hydrogen) atoms. The van der Waals surface area contributed by atoms with E-state index in [9.17, 15) is 0 Å². The van der Waals surface area contributed by atoms with Crippen molar-refractivity contribution in [2.75, 3.05) is 7.11 Å². The summed E-state index contributed by atoms with van der Waals surface area (Å²) in [5.41, 5.74) is 8.79. The molecule has 0 amide bonds. The van der Waals surface area contributed by atoms with Crippen LogP contribution in [0.25, 0.3) is 0 Å². The normalized spacial score (nSPS) is 12.0. The third-order valence-corrected chi connectivity index (χ3v) is 3.03. The monoisotopic (exact) mass is 272 g/mol. The summed E-state index contributed by atoms with van der Waals surface area (Å²) in [7, 11) is 1.63. The molecule has 0 radical (unpaired) electrons. The van der Waals surface area contributed by atoms with Gasteiger partial charge in [0.05, 0.1) is 12.8 Å². The van der Waals surface area contributed by atoms with Crippen LogP contribution in [0.3, 0.4) is 0 Å². The fourth-order valence-corrected chi connectivity index (χ4v) is 1.97. The summed E-state index contributed by atoms with van der Waals surface area (Å²) in [6, 6.07) is 11.5. The van der Waals surface area contributed by atoms with E-state index < -0.39 is 0 Å². The van der Waals surface area contributed by atoms with Gasteiger partial charge < -0.3 is 15.2 Å². The number of benzene rings is 1. The quantitative estimate of drug-likeness (QED) is 0.909. The van der Waals surface area contributed by atoms with E-state index in [2.05, 4.69) is 4.98 Å². The predicted octanol–water partition coefficient (Wildman–Crippen LogP) is 3.00. The first kappa shape index (κ1) is 14.3. The van der Waals surface area contributed by atoms with Gasteiger partial charge in [-0.1, -0.05) is 12.1 Å². The van der Waals surface area contributed by atoms with Crippen LogP contribution >= 0.6 is 0 Å². The highest BCUT2D eigenvalue weighted by atomic mass is 16.5. The van der Waals surface area contributed by atoms with Crippen molar-refractivity contribution in [2.24, 2.45) is 5.73 Å². The highest BCUT2D eigenvalue weighted by Crippen LogP contribution is 2.29. The van der Waals surface area contributed by atoms with E-state index >= 15 is 0 Å². The molecular weight excluding hydrogens is 252 g/mol. The van der Waals surface area contributed by atoms with Gasteiger partial charge in [0, 0.05) is 23.4 Å². The molecule has 0 aliphatic heterocycles. The van der Waals surface area contributed by atoms with E-state index in [0.717, 1.165) is 28.5 Å². The van der Waals surface area contributed by atoms with Crippen molar-refractivity contribution in [3.8, 4) is 11.5 Å². The Morgan fingerprint density at radius 2 is 2.05 bits per heavy atom. The summed E-state index contributed by atoms with van der Waals surface area (Å²) in [5.74, 6) is 1.49. The Morgan fingerprint density at radius 1 is 1.25 bits per heavy atom. The zero-order valence-electron chi connectivity index (χ0n) is 12.1. The van der Waals surface area contributed by atoms with Crippen molar-refractivity contribution in [3.63, 3.8) is 0 Å². The smallest absolute Gasteiger partial charge is 0.130 e. The number of hydrogen-bond acceptors (Lipinski definition) is 4. The van der Waals surface area contributed by atoms with Crippen molar-refractivity contribution in [2.45, 2.75) is 26.5 Å². The number of pyridine rings is 1. The first-order valence-electron chi connectivity index (χ1n) is 6.59.